The van der Waals surface area contributed by atoms with Crippen LogP contribution in [0.5, 0.6) is 0 Å². The lowest BCUT2D eigenvalue weighted by Crippen LogP contribution is -2.19. The number of carboxylic acids is 1. The molecule has 0 saturated carbocycles. The molecule has 0 aliphatic heterocycles. The van der Waals surface area contributed by atoms with Gasteiger partial charge in [0, 0.05) is 27.4 Å². The fourth-order valence-corrected chi connectivity index (χ4v) is 3.37. The van der Waals surface area contributed by atoms with Gasteiger partial charge in [-0.2, -0.15) is 0 Å². The molecule has 0 saturated heterocycles. The molecule has 1 heterocycles. The van der Waals surface area contributed by atoms with E-state index in [2.05, 4.69) is 18.3 Å². The van der Waals surface area contributed by atoms with Gasteiger partial charge in [-0.25, -0.2) is 0 Å². The second kappa shape index (κ2) is 7.59. The number of aliphatic carboxylic acids is 1. The summed E-state index contributed by atoms with van der Waals surface area (Å²) in [4.78, 5) is 12.7. The number of carboxylic acid groups (broad SMARTS) is 1. The predicted octanol–water partition coefficient (Wildman–Crippen LogP) is 4.27. The summed E-state index contributed by atoms with van der Waals surface area (Å²) in [5, 5.41) is 13.0. The van der Waals surface area contributed by atoms with E-state index in [-0.39, 0.29) is 12.5 Å². The SMILES string of the molecule is CCC(NCc1ccc(CC(=O)O)s1)c1cccc(Cl)c1. The minimum atomic E-state index is -0.790. The minimum Gasteiger partial charge on any atom is -0.481 e. The Morgan fingerprint density at radius 2 is 2.10 bits per heavy atom. The van der Waals surface area contributed by atoms with E-state index in [9.17, 15) is 4.79 Å². The Morgan fingerprint density at radius 1 is 1.33 bits per heavy atom. The van der Waals surface area contributed by atoms with Crippen LogP contribution in [0, 0.1) is 0 Å². The number of benzene rings is 1. The minimum absolute atomic E-state index is 0.0934. The first-order valence-electron chi connectivity index (χ1n) is 6.86. The van der Waals surface area contributed by atoms with Crippen LogP contribution in [0.1, 0.15) is 34.7 Å². The third-order valence-electron chi connectivity index (χ3n) is 3.22. The van der Waals surface area contributed by atoms with Crippen molar-refractivity contribution >= 4 is 28.9 Å². The molecule has 1 unspecified atom stereocenters. The van der Waals surface area contributed by atoms with Gasteiger partial charge in [-0.1, -0.05) is 30.7 Å². The summed E-state index contributed by atoms with van der Waals surface area (Å²) in [5.41, 5.74) is 1.17. The van der Waals surface area contributed by atoms with Crippen molar-refractivity contribution in [1.29, 1.82) is 0 Å². The van der Waals surface area contributed by atoms with E-state index in [0.29, 0.717) is 0 Å². The summed E-state index contributed by atoms with van der Waals surface area (Å²) in [6, 6.07) is 12.0. The fraction of sp³-hybridized carbons (Fsp3) is 0.312. The van der Waals surface area contributed by atoms with Gasteiger partial charge in [0.1, 0.15) is 0 Å². The zero-order valence-corrected chi connectivity index (χ0v) is 13.4. The van der Waals surface area contributed by atoms with Crippen LogP contribution in [0.4, 0.5) is 0 Å². The normalized spacial score (nSPS) is 12.3. The molecule has 0 aliphatic carbocycles. The molecular weight excluding hydrogens is 306 g/mol. The molecule has 2 N–H and O–H groups in total. The molecule has 112 valence electrons. The van der Waals surface area contributed by atoms with E-state index in [0.717, 1.165) is 27.7 Å². The van der Waals surface area contributed by atoms with Gasteiger partial charge in [-0.3, -0.25) is 4.79 Å². The van der Waals surface area contributed by atoms with E-state index in [4.69, 9.17) is 16.7 Å². The number of hydrogen-bond donors (Lipinski definition) is 2. The Balaban J connectivity index is 1.97. The molecule has 0 radical (unpaired) electrons. The van der Waals surface area contributed by atoms with Crippen LogP contribution in [0.25, 0.3) is 0 Å². The third kappa shape index (κ3) is 4.84. The van der Waals surface area contributed by atoms with Crippen molar-refractivity contribution in [3.8, 4) is 0 Å². The molecule has 1 atom stereocenters. The molecule has 0 amide bonds. The maximum absolute atomic E-state index is 10.7. The second-order valence-electron chi connectivity index (χ2n) is 4.84. The molecule has 1 aromatic carbocycles. The quantitative estimate of drug-likeness (QED) is 0.800. The molecule has 0 aliphatic rings. The summed E-state index contributed by atoms with van der Waals surface area (Å²) in [6.45, 7) is 2.86. The van der Waals surface area contributed by atoms with Gasteiger partial charge in [0.2, 0.25) is 0 Å². The van der Waals surface area contributed by atoms with Gasteiger partial charge in [0.05, 0.1) is 6.42 Å². The van der Waals surface area contributed by atoms with Crippen molar-refractivity contribution < 1.29 is 9.90 Å². The standard InChI is InChI=1S/C16H18ClNO2S/c1-2-15(11-4-3-5-12(17)8-11)18-10-14-7-6-13(21-14)9-16(19)20/h3-8,15,18H,2,9-10H2,1H3,(H,19,20). The first-order valence-corrected chi connectivity index (χ1v) is 8.06. The molecule has 5 heteroatoms. The van der Waals surface area contributed by atoms with Crippen LogP contribution in [0.3, 0.4) is 0 Å². The zero-order valence-electron chi connectivity index (χ0n) is 11.8. The fourth-order valence-electron chi connectivity index (χ4n) is 2.21. The molecule has 0 bridgehead atoms. The van der Waals surface area contributed by atoms with Gasteiger partial charge in [0.25, 0.3) is 0 Å². The molecule has 2 rings (SSSR count). The van der Waals surface area contributed by atoms with E-state index in [1.807, 2.05) is 30.3 Å². The highest BCUT2D eigenvalue weighted by atomic mass is 35.5. The van der Waals surface area contributed by atoms with Crippen LogP contribution in [-0.2, 0) is 17.8 Å². The summed E-state index contributed by atoms with van der Waals surface area (Å²) < 4.78 is 0. The third-order valence-corrected chi connectivity index (χ3v) is 4.55. The number of nitrogens with one attached hydrogen (secondary N) is 1. The predicted molar refractivity (Wildman–Crippen MR) is 87.0 cm³/mol. The summed E-state index contributed by atoms with van der Waals surface area (Å²) >= 11 is 7.58. The van der Waals surface area contributed by atoms with Crippen molar-refractivity contribution in [3.63, 3.8) is 0 Å². The second-order valence-corrected chi connectivity index (χ2v) is 6.52. The van der Waals surface area contributed by atoms with Crippen molar-refractivity contribution in [2.45, 2.75) is 32.4 Å². The number of rotatable bonds is 7. The number of carbonyl (C=O) groups is 1. The molecule has 1 aromatic heterocycles. The molecule has 21 heavy (non-hydrogen) atoms. The van der Waals surface area contributed by atoms with Crippen molar-refractivity contribution in [2.75, 3.05) is 0 Å². The van der Waals surface area contributed by atoms with Crippen LogP contribution < -0.4 is 5.32 Å². The summed E-state index contributed by atoms with van der Waals surface area (Å²) in [6.07, 6.45) is 1.06. The first-order chi connectivity index (χ1) is 10.1. The lowest BCUT2D eigenvalue weighted by atomic mass is 10.0. The maximum atomic E-state index is 10.7. The summed E-state index contributed by atoms with van der Waals surface area (Å²) in [7, 11) is 0. The number of thiophene rings is 1. The largest absolute Gasteiger partial charge is 0.481 e. The molecule has 0 fully saturated rings. The van der Waals surface area contributed by atoms with Gasteiger partial charge in [0.15, 0.2) is 0 Å². The van der Waals surface area contributed by atoms with E-state index >= 15 is 0 Å². The van der Waals surface area contributed by atoms with E-state index in [1.54, 1.807) is 11.3 Å². The number of hydrogen-bond acceptors (Lipinski definition) is 3. The highest BCUT2D eigenvalue weighted by Crippen LogP contribution is 2.22. The van der Waals surface area contributed by atoms with Crippen LogP contribution in [0.2, 0.25) is 5.02 Å². The van der Waals surface area contributed by atoms with Gasteiger partial charge >= 0.3 is 5.97 Å². The van der Waals surface area contributed by atoms with Crippen molar-refractivity contribution in [3.05, 3.63) is 56.7 Å². The molecule has 3 nitrogen and oxygen atoms in total. The average molecular weight is 324 g/mol. The topological polar surface area (TPSA) is 49.3 Å². The van der Waals surface area contributed by atoms with Crippen molar-refractivity contribution in [1.82, 2.24) is 5.32 Å². The Hall–Kier alpha value is -1.36. The molecular formula is C16H18ClNO2S. The molecule has 0 spiro atoms. The summed E-state index contributed by atoms with van der Waals surface area (Å²) in [5.74, 6) is -0.790. The monoisotopic (exact) mass is 323 g/mol. The maximum Gasteiger partial charge on any atom is 0.308 e. The lowest BCUT2D eigenvalue weighted by Gasteiger charge is -2.17. The van der Waals surface area contributed by atoms with Crippen LogP contribution in [0.15, 0.2) is 36.4 Å². The Bertz CT molecular complexity index is 612. The Morgan fingerprint density at radius 3 is 2.76 bits per heavy atom. The van der Waals surface area contributed by atoms with Gasteiger partial charge < -0.3 is 10.4 Å². The Kier molecular flexibility index (Phi) is 5.79. The highest BCUT2D eigenvalue weighted by Gasteiger charge is 2.10. The van der Waals surface area contributed by atoms with Crippen molar-refractivity contribution in [2.24, 2.45) is 0 Å². The van der Waals surface area contributed by atoms with Crippen LogP contribution >= 0.6 is 22.9 Å². The van der Waals surface area contributed by atoms with E-state index < -0.39 is 5.97 Å². The zero-order chi connectivity index (χ0) is 15.2. The van der Waals surface area contributed by atoms with Gasteiger partial charge in [-0.15, -0.1) is 11.3 Å². The highest BCUT2D eigenvalue weighted by molar-refractivity contribution is 7.12. The van der Waals surface area contributed by atoms with E-state index in [1.165, 1.54) is 5.56 Å². The number of halogens is 1. The van der Waals surface area contributed by atoms with Gasteiger partial charge in [-0.05, 0) is 36.2 Å². The smallest absolute Gasteiger partial charge is 0.308 e. The molecule has 2 aromatic rings. The average Bonchev–Trinajstić information content (AvgIpc) is 2.86. The Labute approximate surface area is 133 Å². The lowest BCUT2D eigenvalue weighted by molar-refractivity contribution is -0.136. The van der Waals surface area contributed by atoms with Crippen LogP contribution in [-0.4, -0.2) is 11.1 Å². The first kappa shape index (κ1) is 16.0.